The van der Waals surface area contributed by atoms with Gasteiger partial charge in [-0.25, -0.2) is 0 Å². The van der Waals surface area contributed by atoms with Gasteiger partial charge in [0.25, 0.3) is 0 Å². The summed E-state index contributed by atoms with van der Waals surface area (Å²) in [7, 11) is 3.36. The molecular formula is C15H15NO3. The Labute approximate surface area is 111 Å². The normalized spacial score (nSPS) is 24.2. The first kappa shape index (κ1) is 12.0. The van der Waals surface area contributed by atoms with Crippen molar-refractivity contribution in [2.45, 2.75) is 18.4 Å². The number of carbonyl (C=O) groups is 1. The van der Waals surface area contributed by atoms with Crippen molar-refractivity contribution in [2.75, 3.05) is 14.2 Å². The summed E-state index contributed by atoms with van der Waals surface area (Å²) in [5.74, 6) is 1.67. The second kappa shape index (κ2) is 4.53. The molecule has 98 valence electrons. The van der Waals surface area contributed by atoms with Crippen LogP contribution < -0.4 is 9.47 Å². The number of rotatable bonds is 2. The van der Waals surface area contributed by atoms with Gasteiger partial charge in [0.05, 0.1) is 7.11 Å². The number of aliphatic imine (C=N–C) groups is 1. The zero-order chi connectivity index (χ0) is 13.4. The lowest BCUT2D eigenvalue weighted by molar-refractivity contribution is -0.116. The summed E-state index contributed by atoms with van der Waals surface area (Å²) in [5, 5.41) is 0. The van der Waals surface area contributed by atoms with Gasteiger partial charge in [-0.2, -0.15) is 0 Å². The molecule has 0 amide bonds. The number of hydrogen-bond donors (Lipinski definition) is 0. The maximum atomic E-state index is 11.5. The van der Waals surface area contributed by atoms with Crippen molar-refractivity contribution in [1.29, 1.82) is 0 Å². The minimum absolute atomic E-state index is 0.107. The standard InChI is InChI=1S/C15H15NO3/c1-16-8-9-3-6-12(18-2)15-14(9)11-5-4-10(17)7-13(11)19-15/h3-6,8,11,13H,7H2,1-2H3/t11?,13-/m0/s1. The van der Waals surface area contributed by atoms with Crippen LogP contribution in [0.1, 0.15) is 23.5 Å². The molecule has 4 nitrogen and oxygen atoms in total. The molecule has 1 unspecified atom stereocenters. The largest absolute Gasteiger partial charge is 0.493 e. The van der Waals surface area contributed by atoms with E-state index in [-0.39, 0.29) is 17.8 Å². The van der Waals surface area contributed by atoms with E-state index in [9.17, 15) is 4.79 Å². The molecule has 0 spiro atoms. The van der Waals surface area contributed by atoms with E-state index in [0.29, 0.717) is 12.2 Å². The Morgan fingerprint density at radius 2 is 2.32 bits per heavy atom. The number of ketones is 1. The van der Waals surface area contributed by atoms with E-state index < -0.39 is 0 Å². The molecule has 0 radical (unpaired) electrons. The van der Waals surface area contributed by atoms with Crippen LogP contribution in [-0.2, 0) is 4.79 Å². The SMILES string of the molecule is CN=Cc1ccc(OC)c2c1C1C=CC(=O)C[C@@H]1O2. The van der Waals surface area contributed by atoms with Gasteiger partial charge in [0.1, 0.15) is 6.10 Å². The van der Waals surface area contributed by atoms with Gasteiger partial charge in [-0.3, -0.25) is 9.79 Å². The first-order valence-corrected chi connectivity index (χ1v) is 6.25. The Kier molecular flexibility index (Phi) is 2.85. The summed E-state index contributed by atoms with van der Waals surface area (Å²) in [6, 6.07) is 3.85. The van der Waals surface area contributed by atoms with Gasteiger partial charge in [0.2, 0.25) is 0 Å². The highest BCUT2D eigenvalue weighted by molar-refractivity contribution is 5.92. The fourth-order valence-corrected chi connectivity index (χ4v) is 2.75. The van der Waals surface area contributed by atoms with Crippen molar-refractivity contribution in [3.05, 3.63) is 35.4 Å². The molecule has 1 aromatic carbocycles. The smallest absolute Gasteiger partial charge is 0.166 e. The lowest BCUT2D eigenvalue weighted by Crippen LogP contribution is -2.24. The Morgan fingerprint density at radius 1 is 1.47 bits per heavy atom. The van der Waals surface area contributed by atoms with Crippen molar-refractivity contribution >= 4 is 12.0 Å². The summed E-state index contributed by atoms with van der Waals surface area (Å²) in [5.41, 5.74) is 2.09. The summed E-state index contributed by atoms with van der Waals surface area (Å²) in [6.07, 6.45) is 5.68. The van der Waals surface area contributed by atoms with Crippen LogP contribution in [0.3, 0.4) is 0 Å². The first-order chi connectivity index (χ1) is 9.24. The molecule has 0 fully saturated rings. The van der Waals surface area contributed by atoms with Crippen LogP contribution in [0.4, 0.5) is 0 Å². The maximum Gasteiger partial charge on any atom is 0.166 e. The van der Waals surface area contributed by atoms with Crippen LogP contribution in [-0.4, -0.2) is 32.3 Å². The van der Waals surface area contributed by atoms with Crippen molar-refractivity contribution < 1.29 is 14.3 Å². The van der Waals surface area contributed by atoms with E-state index in [2.05, 4.69) is 4.99 Å². The Balaban J connectivity index is 2.15. The van der Waals surface area contributed by atoms with Crippen molar-refractivity contribution in [1.82, 2.24) is 0 Å². The fourth-order valence-electron chi connectivity index (χ4n) is 2.75. The lowest BCUT2D eigenvalue weighted by atomic mass is 9.86. The van der Waals surface area contributed by atoms with Gasteiger partial charge in [0.15, 0.2) is 17.3 Å². The molecule has 0 bridgehead atoms. The van der Waals surface area contributed by atoms with Crippen molar-refractivity contribution in [3.63, 3.8) is 0 Å². The predicted molar refractivity (Wildman–Crippen MR) is 72.4 cm³/mol. The molecule has 2 aliphatic rings. The number of carbonyl (C=O) groups excluding carboxylic acids is 1. The minimum atomic E-state index is -0.118. The molecular weight excluding hydrogens is 242 g/mol. The number of hydrogen-bond acceptors (Lipinski definition) is 4. The highest BCUT2D eigenvalue weighted by atomic mass is 16.5. The molecule has 0 N–H and O–H groups in total. The monoisotopic (exact) mass is 257 g/mol. The van der Waals surface area contributed by atoms with Gasteiger partial charge >= 0.3 is 0 Å². The number of benzene rings is 1. The van der Waals surface area contributed by atoms with Crippen LogP contribution in [0.25, 0.3) is 0 Å². The predicted octanol–water partition coefficient (Wildman–Crippen LogP) is 2.12. The number of fused-ring (bicyclic) bond motifs is 3. The van der Waals surface area contributed by atoms with E-state index in [1.807, 2.05) is 24.4 Å². The first-order valence-electron chi connectivity index (χ1n) is 6.25. The molecule has 19 heavy (non-hydrogen) atoms. The van der Waals surface area contributed by atoms with Crippen LogP contribution >= 0.6 is 0 Å². The highest BCUT2D eigenvalue weighted by Gasteiger charge is 2.39. The van der Waals surface area contributed by atoms with Gasteiger partial charge in [-0.05, 0) is 18.2 Å². The molecule has 1 aliphatic carbocycles. The molecule has 0 aromatic heterocycles. The third-order valence-corrected chi connectivity index (χ3v) is 3.58. The third-order valence-electron chi connectivity index (χ3n) is 3.58. The average Bonchev–Trinajstić information content (AvgIpc) is 2.78. The quantitative estimate of drug-likeness (QED) is 0.762. The molecule has 3 rings (SSSR count). The van der Waals surface area contributed by atoms with E-state index >= 15 is 0 Å². The molecule has 1 heterocycles. The van der Waals surface area contributed by atoms with Gasteiger partial charge in [-0.1, -0.05) is 6.08 Å². The summed E-state index contributed by atoms with van der Waals surface area (Å²) < 4.78 is 11.3. The van der Waals surface area contributed by atoms with Crippen LogP contribution in [0.15, 0.2) is 29.3 Å². The number of nitrogens with zero attached hydrogens (tertiary/aromatic N) is 1. The van der Waals surface area contributed by atoms with E-state index in [0.717, 1.165) is 16.9 Å². The zero-order valence-corrected chi connectivity index (χ0v) is 10.9. The molecule has 0 saturated heterocycles. The third kappa shape index (κ3) is 1.84. The number of ether oxygens (including phenoxy) is 2. The lowest BCUT2D eigenvalue weighted by Gasteiger charge is -2.18. The zero-order valence-electron chi connectivity index (χ0n) is 10.9. The number of allylic oxidation sites excluding steroid dienone is 1. The van der Waals surface area contributed by atoms with Crippen molar-refractivity contribution in [3.8, 4) is 11.5 Å². The van der Waals surface area contributed by atoms with E-state index in [1.165, 1.54) is 0 Å². The van der Waals surface area contributed by atoms with E-state index in [4.69, 9.17) is 9.47 Å². The van der Waals surface area contributed by atoms with Crippen molar-refractivity contribution in [2.24, 2.45) is 4.99 Å². The van der Waals surface area contributed by atoms with Gasteiger partial charge in [-0.15, -0.1) is 0 Å². The van der Waals surface area contributed by atoms with Gasteiger partial charge < -0.3 is 9.47 Å². The fraction of sp³-hybridized carbons (Fsp3) is 0.333. The minimum Gasteiger partial charge on any atom is -0.493 e. The number of methoxy groups -OCH3 is 1. The molecule has 0 saturated carbocycles. The van der Waals surface area contributed by atoms with Crippen LogP contribution in [0, 0.1) is 0 Å². The molecule has 4 heteroatoms. The second-order valence-corrected chi connectivity index (χ2v) is 4.70. The molecule has 1 aromatic rings. The summed E-state index contributed by atoms with van der Waals surface area (Å²) in [4.78, 5) is 15.6. The van der Waals surface area contributed by atoms with Crippen LogP contribution in [0.2, 0.25) is 0 Å². The van der Waals surface area contributed by atoms with E-state index in [1.54, 1.807) is 20.2 Å². The topological polar surface area (TPSA) is 47.9 Å². The van der Waals surface area contributed by atoms with Crippen LogP contribution in [0.5, 0.6) is 11.5 Å². The van der Waals surface area contributed by atoms with Gasteiger partial charge in [0, 0.05) is 36.7 Å². The maximum absolute atomic E-state index is 11.5. The average molecular weight is 257 g/mol. The highest BCUT2D eigenvalue weighted by Crippen LogP contribution is 2.48. The Hall–Kier alpha value is -2.10. The molecule has 2 atom stereocenters. The Bertz CT molecular complexity index is 589. The summed E-state index contributed by atoms with van der Waals surface area (Å²) >= 11 is 0. The second-order valence-electron chi connectivity index (χ2n) is 4.70. The summed E-state index contributed by atoms with van der Waals surface area (Å²) in [6.45, 7) is 0. The Morgan fingerprint density at radius 3 is 3.05 bits per heavy atom. The molecule has 1 aliphatic heterocycles.